The van der Waals surface area contributed by atoms with Gasteiger partial charge in [-0.3, -0.25) is 0 Å². The molecule has 1 heterocycles. The van der Waals surface area contributed by atoms with Crippen LogP contribution in [0.5, 0.6) is 23.0 Å². The van der Waals surface area contributed by atoms with E-state index in [2.05, 4.69) is 0 Å². The Bertz CT molecular complexity index is 999. The maximum Gasteiger partial charge on any atom is 0.346 e. The van der Waals surface area contributed by atoms with E-state index in [9.17, 15) is 15.0 Å². The van der Waals surface area contributed by atoms with Crippen molar-refractivity contribution >= 4 is 17.6 Å². The average molecular weight is 449 g/mol. The van der Waals surface area contributed by atoms with Gasteiger partial charge in [-0.05, 0) is 43.4 Å². The van der Waals surface area contributed by atoms with Crippen LogP contribution in [0.2, 0.25) is 5.02 Å². The largest absolute Gasteiger partial charge is 0.504 e. The Morgan fingerprint density at radius 3 is 2.61 bits per heavy atom. The van der Waals surface area contributed by atoms with Crippen molar-refractivity contribution in [3.8, 4) is 23.0 Å². The van der Waals surface area contributed by atoms with Gasteiger partial charge in [0.1, 0.15) is 23.7 Å². The lowest BCUT2D eigenvalue weighted by molar-refractivity contribution is 0.0454. The molecule has 0 fully saturated rings. The molecule has 1 aliphatic heterocycles. The fourth-order valence-corrected chi connectivity index (χ4v) is 4.20. The molecule has 2 aromatic carbocycles. The zero-order valence-corrected chi connectivity index (χ0v) is 19.3. The minimum Gasteiger partial charge on any atom is -0.504 e. The second kappa shape index (κ2) is 9.37. The van der Waals surface area contributed by atoms with Crippen LogP contribution in [0.1, 0.15) is 72.3 Å². The summed E-state index contributed by atoms with van der Waals surface area (Å²) >= 11 is 6.56. The zero-order chi connectivity index (χ0) is 22.9. The van der Waals surface area contributed by atoms with Crippen LogP contribution in [-0.2, 0) is 17.8 Å². The number of aromatic hydroxyl groups is 1. The van der Waals surface area contributed by atoms with Crippen molar-refractivity contribution < 1.29 is 29.2 Å². The van der Waals surface area contributed by atoms with Crippen molar-refractivity contribution in [1.29, 1.82) is 0 Å². The Balaban J connectivity index is 2.19. The summed E-state index contributed by atoms with van der Waals surface area (Å²) in [5.41, 5.74) is 2.41. The summed E-state index contributed by atoms with van der Waals surface area (Å²) in [6, 6.07) is 3.25. The molecule has 0 unspecified atom stereocenters. The number of phenolic OH excluding ortho intramolecular Hbond substituents is 1. The molecule has 2 aromatic rings. The molecule has 0 spiro atoms. The molecule has 0 saturated carbocycles. The number of hydrogen-bond donors (Lipinski definition) is 2. The number of hydrogen-bond acceptors (Lipinski definition) is 6. The van der Waals surface area contributed by atoms with E-state index in [1.807, 2.05) is 27.7 Å². The van der Waals surface area contributed by atoms with E-state index in [-0.39, 0.29) is 41.1 Å². The second-order valence-electron chi connectivity index (χ2n) is 8.21. The maximum absolute atomic E-state index is 12.9. The van der Waals surface area contributed by atoms with Crippen molar-refractivity contribution in [3.05, 3.63) is 45.0 Å². The first-order chi connectivity index (χ1) is 14.7. The van der Waals surface area contributed by atoms with Crippen LogP contribution >= 0.6 is 11.6 Å². The number of carbonyl (C=O) groups is 1. The number of aliphatic hydroxyl groups is 1. The van der Waals surface area contributed by atoms with Gasteiger partial charge in [-0.15, -0.1) is 0 Å². The van der Waals surface area contributed by atoms with Crippen LogP contribution in [0.4, 0.5) is 0 Å². The van der Waals surface area contributed by atoms with Gasteiger partial charge >= 0.3 is 5.97 Å². The molecule has 0 saturated heterocycles. The first kappa shape index (κ1) is 23.2. The molecule has 1 atom stereocenters. The van der Waals surface area contributed by atoms with Gasteiger partial charge in [-0.25, -0.2) is 4.79 Å². The van der Waals surface area contributed by atoms with E-state index in [1.54, 1.807) is 12.1 Å². The molecule has 2 N–H and O–H groups in total. The summed E-state index contributed by atoms with van der Waals surface area (Å²) < 4.78 is 17.1. The lowest BCUT2D eigenvalue weighted by Gasteiger charge is -2.25. The normalized spacial score (nSPS) is 14.1. The molecule has 3 rings (SSSR count). The van der Waals surface area contributed by atoms with Crippen molar-refractivity contribution in [2.45, 2.75) is 59.7 Å². The van der Waals surface area contributed by atoms with Gasteiger partial charge in [-0.2, -0.15) is 0 Å². The predicted molar refractivity (Wildman–Crippen MR) is 118 cm³/mol. The Kier molecular flexibility index (Phi) is 7.02. The van der Waals surface area contributed by atoms with Crippen molar-refractivity contribution in [2.24, 2.45) is 5.92 Å². The van der Waals surface area contributed by atoms with Crippen LogP contribution < -0.4 is 9.47 Å². The van der Waals surface area contributed by atoms with Gasteiger partial charge in [-0.1, -0.05) is 38.8 Å². The molecule has 0 amide bonds. The number of ether oxygens (including phenoxy) is 3. The van der Waals surface area contributed by atoms with Crippen LogP contribution in [0.25, 0.3) is 0 Å². The molecule has 31 heavy (non-hydrogen) atoms. The van der Waals surface area contributed by atoms with E-state index >= 15 is 0 Å². The highest BCUT2D eigenvalue weighted by atomic mass is 35.5. The summed E-state index contributed by atoms with van der Waals surface area (Å²) in [4.78, 5) is 12.9. The highest BCUT2D eigenvalue weighted by Gasteiger charge is 2.32. The maximum atomic E-state index is 12.9. The minimum atomic E-state index is -0.813. The summed E-state index contributed by atoms with van der Waals surface area (Å²) in [6.45, 7) is 7.68. The highest BCUT2D eigenvalue weighted by molar-refractivity contribution is 6.32. The Hall–Kier alpha value is -2.44. The summed E-state index contributed by atoms with van der Waals surface area (Å²) in [5.74, 6) is 0.125. The lowest BCUT2D eigenvalue weighted by atomic mass is 9.96. The van der Waals surface area contributed by atoms with Crippen LogP contribution in [0.15, 0.2) is 12.1 Å². The molecule has 168 valence electrons. The van der Waals surface area contributed by atoms with Crippen molar-refractivity contribution in [3.63, 3.8) is 0 Å². The third-order valence-corrected chi connectivity index (χ3v) is 6.00. The summed E-state index contributed by atoms with van der Waals surface area (Å²) in [5, 5.41) is 22.0. The Morgan fingerprint density at radius 1 is 1.29 bits per heavy atom. The van der Waals surface area contributed by atoms with Crippen molar-refractivity contribution in [2.75, 3.05) is 7.11 Å². The first-order valence-electron chi connectivity index (χ1n) is 10.5. The lowest BCUT2D eigenvalue weighted by Crippen LogP contribution is -2.15. The van der Waals surface area contributed by atoms with E-state index < -0.39 is 12.1 Å². The van der Waals surface area contributed by atoms with Crippen LogP contribution in [-0.4, -0.2) is 23.3 Å². The molecular weight excluding hydrogens is 420 g/mol. The van der Waals surface area contributed by atoms with Crippen LogP contribution in [0, 0.1) is 12.8 Å². The van der Waals surface area contributed by atoms with Gasteiger partial charge in [0.25, 0.3) is 0 Å². The van der Waals surface area contributed by atoms with Gasteiger partial charge in [0.15, 0.2) is 11.5 Å². The minimum absolute atomic E-state index is 0.00876. The average Bonchev–Trinajstić information content (AvgIpc) is 2.72. The fourth-order valence-electron chi connectivity index (χ4n) is 3.95. The number of benzene rings is 2. The number of methoxy groups -OCH3 is 1. The Morgan fingerprint density at radius 2 is 2.00 bits per heavy atom. The van der Waals surface area contributed by atoms with Gasteiger partial charge < -0.3 is 24.4 Å². The number of carbonyl (C=O) groups excluding carboxylic acids is 1. The van der Waals surface area contributed by atoms with Gasteiger partial charge in [0, 0.05) is 11.1 Å². The summed E-state index contributed by atoms with van der Waals surface area (Å²) in [7, 11) is 1.43. The molecule has 0 aromatic heterocycles. The molecule has 0 bridgehead atoms. The molecule has 0 aliphatic carbocycles. The molecule has 6 nitrogen and oxygen atoms in total. The van der Waals surface area contributed by atoms with E-state index in [0.717, 1.165) is 12.0 Å². The molecular formula is C24H29ClO6. The Labute approximate surface area is 187 Å². The second-order valence-corrected chi connectivity index (χ2v) is 8.59. The van der Waals surface area contributed by atoms with Crippen molar-refractivity contribution in [1.82, 2.24) is 0 Å². The monoisotopic (exact) mass is 448 g/mol. The number of phenols is 1. The standard InChI is InChI=1S/C24H29ClO6/c1-6-7-14-13(4)20(25)16-11-30-24(28)19-18(31-23(16)21(14)27)9-8-15(22(19)29-5)17(26)10-12(2)3/h8-9,12,17,26-27H,6-7,10-11H2,1-5H3/t17-/m0/s1. The number of esters is 1. The topological polar surface area (TPSA) is 85.2 Å². The quantitative estimate of drug-likeness (QED) is 0.538. The van der Waals surface area contributed by atoms with Gasteiger partial charge in [0.2, 0.25) is 0 Å². The van der Waals surface area contributed by atoms with E-state index in [4.69, 9.17) is 25.8 Å². The number of halogens is 1. The third-order valence-electron chi connectivity index (χ3n) is 5.49. The first-order valence-corrected chi connectivity index (χ1v) is 10.9. The fraction of sp³-hybridized carbons (Fsp3) is 0.458. The SMILES string of the molecule is CCCc1c(C)c(Cl)c2c(c1O)Oc1ccc([C@@H](O)CC(C)C)c(OC)c1C(=O)OC2. The summed E-state index contributed by atoms with van der Waals surface area (Å²) in [6.07, 6.45) is 1.14. The number of fused-ring (bicyclic) bond motifs is 2. The zero-order valence-electron chi connectivity index (χ0n) is 18.5. The number of aliphatic hydroxyl groups excluding tert-OH is 1. The van der Waals surface area contributed by atoms with E-state index in [1.165, 1.54) is 7.11 Å². The number of rotatable bonds is 6. The smallest absolute Gasteiger partial charge is 0.346 e. The highest BCUT2D eigenvalue weighted by Crippen LogP contribution is 2.48. The van der Waals surface area contributed by atoms with Gasteiger partial charge in [0.05, 0.1) is 23.8 Å². The van der Waals surface area contributed by atoms with Crippen LogP contribution in [0.3, 0.4) is 0 Å². The molecule has 0 radical (unpaired) electrons. The van der Waals surface area contributed by atoms with E-state index in [0.29, 0.717) is 34.6 Å². The molecule has 7 heteroatoms. The predicted octanol–water partition coefficient (Wildman–Crippen LogP) is 5.86. The third kappa shape index (κ3) is 4.32. The molecule has 1 aliphatic rings. The number of cyclic esters (lactones) is 1.